The van der Waals surface area contributed by atoms with Crippen LogP contribution in [0.15, 0.2) is 66.7 Å². The van der Waals surface area contributed by atoms with E-state index in [2.05, 4.69) is 10.2 Å². The topological polar surface area (TPSA) is 79.0 Å². The van der Waals surface area contributed by atoms with Crippen LogP contribution in [0.5, 0.6) is 0 Å². The van der Waals surface area contributed by atoms with Crippen LogP contribution in [0.4, 0.5) is 11.4 Å². The van der Waals surface area contributed by atoms with E-state index in [1.165, 1.54) is 6.07 Å². The molecular weight excluding hydrogens is 501 g/mol. The number of ether oxygens (including phenoxy) is 1. The fourth-order valence-corrected chi connectivity index (χ4v) is 4.40. The van der Waals surface area contributed by atoms with Crippen molar-refractivity contribution >= 4 is 52.4 Å². The Hall–Kier alpha value is -3.55. The Bertz CT molecular complexity index is 1280. The van der Waals surface area contributed by atoms with Gasteiger partial charge in [0.05, 0.1) is 34.1 Å². The monoisotopic (exact) mass is 525 g/mol. The van der Waals surface area contributed by atoms with E-state index in [0.717, 1.165) is 5.69 Å². The maximum atomic E-state index is 13.1. The van der Waals surface area contributed by atoms with Crippen LogP contribution in [0.3, 0.4) is 0 Å². The van der Waals surface area contributed by atoms with Gasteiger partial charge in [0, 0.05) is 36.8 Å². The molecule has 2 amide bonds. The number of benzene rings is 3. The zero-order valence-corrected chi connectivity index (χ0v) is 21.2. The maximum Gasteiger partial charge on any atom is 0.338 e. The van der Waals surface area contributed by atoms with Crippen LogP contribution in [0.2, 0.25) is 10.0 Å². The minimum Gasteiger partial charge on any atom is -0.462 e. The van der Waals surface area contributed by atoms with Crippen molar-refractivity contribution in [3.8, 4) is 0 Å². The lowest BCUT2D eigenvalue weighted by Gasteiger charge is -2.37. The molecular formula is C27H25Cl2N3O4. The lowest BCUT2D eigenvalue weighted by atomic mass is 10.1. The number of rotatable bonds is 6. The van der Waals surface area contributed by atoms with Crippen molar-refractivity contribution in [1.82, 2.24) is 4.90 Å². The molecule has 1 aliphatic heterocycles. The number of nitrogens with one attached hydrogen (secondary N) is 1. The molecule has 4 rings (SSSR count). The van der Waals surface area contributed by atoms with Crippen molar-refractivity contribution in [2.24, 2.45) is 0 Å². The second-order valence-electron chi connectivity index (χ2n) is 8.18. The van der Waals surface area contributed by atoms with Gasteiger partial charge in [-0.25, -0.2) is 4.79 Å². The van der Waals surface area contributed by atoms with E-state index in [-0.39, 0.29) is 23.1 Å². The molecule has 1 saturated heterocycles. The average molecular weight is 526 g/mol. The molecule has 9 heteroatoms. The Labute approximate surface area is 219 Å². The number of nitrogens with zero attached hydrogens (tertiary/aromatic N) is 2. The Kier molecular flexibility index (Phi) is 8.13. The van der Waals surface area contributed by atoms with E-state index in [1.54, 1.807) is 49.4 Å². The quantitative estimate of drug-likeness (QED) is 0.436. The number of carbonyl (C=O) groups is 3. The second kappa shape index (κ2) is 11.5. The smallest absolute Gasteiger partial charge is 0.338 e. The average Bonchev–Trinajstić information content (AvgIpc) is 2.90. The summed E-state index contributed by atoms with van der Waals surface area (Å²) in [6, 6.07) is 18.8. The van der Waals surface area contributed by atoms with Crippen LogP contribution in [0, 0.1) is 0 Å². The van der Waals surface area contributed by atoms with Crippen LogP contribution >= 0.6 is 23.2 Å². The van der Waals surface area contributed by atoms with Gasteiger partial charge in [-0.05, 0) is 55.5 Å². The third-order valence-electron chi connectivity index (χ3n) is 5.86. The molecule has 1 N–H and O–H groups in total. The van der Waals surface area contributed by atoms with Crippen LogP contribution in [-0.2, 0) is 4.74 Å². The van der Waals surface area contributed by atoms with Crippen molar-refractivity contribution in [1.29, 1.82) is 0 Å². The summed E-state index contributed by atoms with van der Waals surface area (Å²) in [5.41, 5.74) is 2.34. The van der Waals surface area contributed by atoms with Crippen LogP contribution in [0.1, 0.15) is 38.0 Å². The van der Waals surface area contributed by atoms with E-state index in [9.17, 15) is 14.4 Å². The van der Waals surface area contributed by atoms with Crippen LogP contribution in [0.25, 0.3) is 0 Å². The molecule has 0 bridgehead atoms. The van der Waals surface area contributed by atoms with Crippen molar-refractivity contribution in [2.75, 3.05) is 43.0 Å². The second-order valence-corrected chi connectivity index (χ2v) is 9.02. The van der Waals surface area contributed by atoms with Gasteiger partial charge in [-0.15, -0.1) is 0 Å². The van der Waals surface area contributed by atoms with Crippen LogP contribution in [-0.4, -0.2) is 55.5 Å². The van der Waals surface area contributed by atoms with E-state index < -0.39 is 11.9 Å². The molecule has 0 radical (unpaired) electrons. The number of hydrogen-bond donors (Lipinski definition) is 1. The first-order valence-corrected chi connectivity index (χ1v) is 12.3. The molecule has 3 aromatic rings. The van der Waals surface area contributed by atoms with E-state index in [4.69, 9.17) is 27.9 Å². The predicted octanol–water partition coefficient (Wildman–Crippen LogP) is 5.38. The van der Waals surface area contributed by atoms with Crippen LogP contribution < -0.4 is 10.2 Å². The highest BCUT2D eigenvalue weighted by Gasteiger charge is 2.25. The van der Waals surface area contributed by atoms with E-state index >= 15 is 0 Å². The SMILES string of the molecule is CCOC(=O)c1ccc(N2CCN(C(=O)c3ccccc3)CC2)c(NC(=O)c2cc(Cl)ccc2Cl)c1. The van der Waals surface area contributed by atoms with Crippen molar-refractivity contribution in [3.63, 3.8) is 0 Å². The Morgan fingerprint density at radius 2 is 1.61 bits per heavy atom. The highest BCUT2D eigenvalue weighted by Crippen LogP contribution is 2.30. The van der Waals surface area contributed by atoms with Gasteiger partial charge < -0.3 is 19.9 Å². The van der Waals surface area contributed by atoms with E-state index in [0.29, 0.717) is 48.0 Å². The first-order valence-electron chi connectivity index (χ1n) is 11.5. The molecule has 1 heterocycles. The van der Waals surface area contributed by atoms with Gasteiger partial charge >= 0.3 is 5.97 Å². The minimum absolute atomic E-state index is 0.0166. The number of amides is 2. The number of hydrogen-bond acceptors (Lipinski definition) is 5. The lowest BCUT2D eigenvalue weighted by molar-refractivity contribution is 0.0526. The first-order chi connectivity index (χ1) is 17.4. The fraction of sp³-hybridized carbons (Fsp3) is 0.222. The highest BCUT2D eigenvalue weighted by atomic mass is 35.5. The maximum absolute atomic E-state index is 13.1. The molecule has 0 unspecified atom stereocenters. The summed E-state index contributed by atoms with van der Waals surface area (Å²) in [5, 5.41) is 3.51. The number of anilines is 2. The molecule has 36 heavy (non-hydrogen) atoms. The summed E-state index contributed by atoms with van der Waals surface area (Å²) in [6.45, 7) is 4.10. The largest absolute Gasteiger partial charge is 0.462 e. The number of piperazine rings is 1. The normalized spacial score (nSPS) is 13.3. The van der Waals surface area contributed by atoms with Gasteiger partial charge in [0.2, 0.25) is 0 Å². The van der Waals surface area contributed by atoms with Gasteiger partial charge in [-0.1, -0.05) is 41.4 Å². The zero-order chi connectivity index (χ0) is 25.7. The summed E-state index contributed by atoms with van der Waals surface area (Å²) in [7, 11) is 0. The van der Waals surface area contributed by atoms with Crippen molar-refractivity contribution in [3.05, 3.63) is 93.5 Å². The summed E-state index contributed by atoms with van der Waals surface area (Å²) in [5.74, 6) is -0.960. The lowest BCUT2D eigenvalue weighted by Crippen LogP contribution is -2.49. The predicted molar refractivity (Wildman–Crippen MR) is 141 cm³/mol. The summed E-state index contributed by atoms with van der Waals surface area (Å²) < 4.78 is 5.13. The van der Waals surface area contributed by atoms with Gasteiger partial charge in [0.1, 0.15) is 0 Å². The number of esters is 1. The molecule has 0 atom stereocenters. The van der Waals surface area contributed by atoms with Gasteiger partial charge in [0.25, 0.3) is 11.8 Å². The Morgan fingerprint density at radius 3 is 2.31 bits per heavy atom. The molecule has 7 nitrogen and oxygen atoms in total. The van der Waals surface area contributed by atoms with Gasteiger partial charge in [-0.3, -0.25) is 9.59 Å². The van der Waals surface area contributed by atoms with Gasteiger partial charge in [0.15, 0.2) is 0 Å². The Balaban J connectivity index is 1.57. The molecule has 3 aromatic carbocycles. The summed E-state index contributed by atoms with van der Waals surface area (Å²) in [6.07, 6.45) is 0. The van der Waals surface area contributed by atoms with E-state index in [1.807, 2.05) is 23.1 Å². The molecule has 0 spiro atoms. The molecule has 1 aliphatic rings. The molecule has 1 fully saturated rings. The Morgan fingerprint density at radius 1 is 0.889 bits per heavy atom. The summed E-state index contributed by atoms with van der Waals surface area (Å²) >= 11 is 12.3. The molecule has 186 valence electrons. The summed E-state index contributed by atoms with van der Waals surface area (Å²) in [4.78, 5) is 42.2. The standard InChI is InChI=1S/C27H25Cl2N3O4/c1-2-36-27(35)19-8-11-24(23(16-19)30-25(33)21-17-20(28)9-10-22(21)29)31-12-14-32(15-13-31)26(34)18-6-4-3-5-7-18/h3-11,16-17H,2,12-15H2,1H3,(H,30,33). The zero-order valence-electron chi connectivity index (χ0n) is 19.7. The third kappa shape index (κ3) is 5.80. The number of halogens is 2. The van der Waals surface area contributed by atoms with Gasteiger partial charge in [-0.2, -0.15) is 0 Å². The minimum atomic E-state index is -0.487. The number of carbonyl (C=O) groups excluding carboxylic acids is 3. The molecule has 0 aromatic heterocycles. The van der Waals surface area contributed by atoms with Crippen molar-refractivity contribution < 1.29 is 19.1 Å². The molecule has 0 saturated carbocycles. The highest BCUT2D eigenvalue weighted by molar-refractivity contribution is 6.36. The third-order valence-corrected chi connectivity index (χ3v) is 6.42. The fourth-order valence-electron chi connectivity index (χ4n) is 4.03. The van der Waals surface area contributed by atoms with Crippen molar-refractivity contribution in [2.45, 2.75) is 6.92 Å². The first kappa shape index (κ1) is 25.5. The molecule has 0 aliphatic carbocycles.